The molecule has 1 aromatic rings. The highest BCUT2D eigenvalue weighted by Crippen LogP contribution is 2.24. The minimum atomic E-state index is -4.17. The fourth-order valence-corrected chi connectivity index (χ4v) is 1.11. The lowest BCUT2D eigenvalue weighted by atomic mass is 10.1. The largest absolute Gasteiger partial charge is 0.389 e. The summed E-state index contributed by atoms with van der Waals surface area (Å²) in [5, 5.41) is 9.43. The number of halogens is 3. The summed E-state index contributed by atoms with van der Waals surface area (Å²) in [5.74, 6) is 0.166. The van der Waals surface area contributed by atoms with E-state index in [1.807, 2.05) is 0 Å². The number of nitrogens with zero attached hydrogens (tertiary/aromatic N) is 2. The van der Waals surface area contributed by atoms with Crippen molar-refractivity contribution in [2.24, 2.45) is 0 Å². The maximum atomic E-state index is 11.8. The Morgan fingerprint density at radius 2 is 1.87 bits per heavy atom. The third kappa shape index (κ3) is 4.73. The molecular formula is C9H11F3N2O. The fourth-order valence-electron chi connectivity index (χ4n) is 1.11. The molecule has 3 nitrogen and oxygen atoms in total. The number of rotatable bonds is 4. The van der Waals surface area contributed by atoms with E-state index in [9.17, 15) is 18.3 Å². The van der Waals surface area contributed by atoms with Gasteiger partial charge in [-0.05, 0) is 18.9 Å². The molecule has 0 fully saturated rings. The fraction of sp³-hybridized carbons (Fsp3) is 0.556. The molecule has 0 aliphatic rings. The average Bonchev–Trinajstić information content (AvgIpc) is 2.17. The molecule has 1 rings (SSSR count). The van der Waals surface area contributed by atoms with Crippen LogP contribution in [-0.2, 0) is 0 Å². The maximum absolute atomic E-state index is 11.8. The van der Waals surface area contributed by atoms with Gasteiger partial charge in [0.05, 0.1) is 0 Å². The zero-order valence-electron chi connectivity index (χ0n) is 7.91. The molecule has 0 saturated carbocycles. The summed E-state index contributed by atoms with van der Waals surface area (Å²) >= 11 is 0. The zero-order chi connectivity index (χ0) is 11.3. The van der Waals surface area contributed by atoms with Crippen LogP contribution in [0.25, 0.3) is 0 Å². The quantitative estimate of drug-likeness (QED) is 0.846. The molecule has 0 saturated heterocycles. The van der Waals surface area contributed by atoms with Gasteiger partial charge in [0, 0.05) is 18.8 Å². The highest BCUT2D eigenvalue weighted by molar-refractivity contribution is 4.92. The lowest BCUT2D eigenvalue weighted by Gasteiger charge is -2.09. The van der Waals surface area contributed by atoms with Crippen molar-refractivity contribution in [2.45, 2.75) is 31.5 Å². The van der Waals surface area contributed by atoms with Gasteiger partial charge in [0.1, 0.15) is 6.10 Å². The van der Waals surface area contributed by atoms with Gasteiger partial charge in [0.2, 0.25) is 0 Å². The van der Waals surface area contributed by atoms with E-state index in [1.165, 1.54) is 12.4 Å². The smallest absolute Gasteiger partial charge is 0.385 e. The Bertz CT molecular complexity index is 289. The molecule has 1 atom stereocenters. The van der Waals surface area contributed by atoms with Crippen LogP contribution in [0.1, 0.15) is 31.2 Å². The van der Waals surface area contributed by atoms with Gasteiger partial charge in [0.15, 0.2) is 5.82 Å². The van der Waals surface area contributed by atoms with Gasteiger partial charge < -0.3 is 5.11 Å². The van der Waals surface area contributed by atoms with Gasteiger partial charge in [-0.25, -0.2) is 9.97 Å². The van der Waals surface area contributed by atoms with Crippen molar-refractivity contribution in [1.29, 1.82) is 0 Å². The van der Waals surface area contributed by atoms with Crippen LogP contribution in [0.2, 0.25) is 0 Å². The highest BCUT2D eigenvalue weighted by atomic mass is 19.4. The lowest BCUT2D eigenvalue weighted by Crippen LogP contribution is -2.09. The lowest BCUT2D eigenvalue weighted by molar-refractivity contribution is -0.136. The van der Waals surface area contributed by atoms with E-state index >= 15 is 0 Å². The molecule has 1 unspecified atom stereocenters. The first-order valence-corrected chi connectivity index (χ1v) is 4.51. The second-order valence-corrected chi connectivity index (χ2v) is 3.13. The molecule has 84 valence electrons. The summed E-state index contributed by atoms with van der Waals surface area (Å²) in [5.41, 5.74) is 0. The molecular weight excluding hydrogens is 209 g/mol. The van der Waals surface area contributed by atoms with Crippen LogP contribution in [0.15, 0.2) is 18.5 Å². The minimum absolute atomic E-state index is 0.0174. The van der Waals surface area contributed by atoms with Crippen LogP contribution < -0.4 is 0 Å². The normalized spacial score (nSPS) is 13.9. The molecule has 0 radical (unpaired) electrons. The Labute approximate surface area is 85.0 Å². The second kappa shape index (κ2) is 5.06. The van der Waals surface area contributed by atoms with E-state index in [0.29, 0.717) is 0 Å². The topological polar surface area (TPSA) is 46.0 Å². The molecule has 1 N–H and O–H groups in total. The molecule has 0 amide bonds. The van der Waals surface area contributed by atoms with Crippen molar-refractivity contribution < 1.29 is 18.3 Å². The van der Waals surface area contributed by atoms with Crippen LogP contribution >= 0.6 is 0 Å². The van der Waals surface area contributed by atoms with Crippen LogP contribution in [0.3, 0.4) is 0 Å². The molecule has 0 bridgehead atoms. The Hall–Kier alpha value is -1.17. The van der Waals surface area contributed by atoms with Crippen molar-refractivity contribution in [3.05, 3.63) is 24.3 Å². The van der Waals surface area contributed by atoms with Crippen molar-refractivity contribution >= 4 is 0 Å². The molecule has 0 spiro atoms. The van der Waals surface area contributed by atoms with Gasteiger partial charge in [-0.15, -0.1) is 0 Å². The number of aliphatic hydroxyl groups excluding tert-OH is 1. The van der Waals surface area contributed by atoms with Gasteiger partial charge in [-0.3, -0.25) is 0 Å². The van der Waals surface area contributed by atoms with E-state index < -0.39 is 18.7 Å². The number of hydrogen-bond donors (Lipinski definition) is 1. The first-order chi connectivity index (χ1) is 6.99. The Morgan fingerprint density at radius 1 is 1.27 bits per heavy atom. The van der Waals surface area contributed by atoms with Crippen LogP contribution in [0.5, 0.6) is 0 Å². The van der Waals surface area contributed by atoms with Gasteiger partial charge in [-0.1, -0.05) is 0 Å². The minimum Gasteiger partial charge on any atom is -0.385 e. The van der Waals surface area contributed by atoms with E-state index in [4.69, 9.17) is 0 Å². The molecule has 1 heterocycles. The number of alkyl halides is 3. The summed E-state index contributed by atoms with van der Waals surface area (Å²) < 4.78 is 35.4. The first-order valence-electron chi connectivity index (χ1n) is 4.51. The Balaban J connectivity index is 2.34. The number of aromatic nitrogens is 2. The zero-order valence-corrected chi connectivity index (χ0v) is 7.91. The second-order valence-electron chi connectivity index (χ2n) is 3.13. The predicted molar refractivity (Wildman–Crippen MR) is 46.9 cm³/mol. The van der Waals surface area contributed by atoms with Crippen molar-refractivity contribution in [3.8, 4) is 0 Å². The molecule has 15 heavy (non-hydrogen) atoms. The van der Waals surface area contributed by atoms with Crippen molar-refractivity contribution in [1.82, 2.24) is 9.97 Å². The van der Waals surface area contributed by atoms with E-state index in [-0.39, 0.29) is 18.7 Å². The van der Waals surface area contributed by atoms with Crippen LogP contribution in [-0.4, -0.2) is 21.3 Å². The average molecular weight is 220 g/mol. The summed E-state index contributed by atoms with van der Waals surface area (Å²) in [6.45, 7) is 0. The predicted octanol–water partition coefficient (Wildman–Crippen LogP) is 2.24. The van der Waals surface area contributed by atoms with E-state index in [2.05, 4.69) is 9.97 Å². The molecule has 1 aromatic heterocycles. The van der Waals surface area contributed by atoms with Crippen LogP contribution in [0, 0.1) is 0 Å². The molecule has 0 aromatic carbocycles. The van der Waals surface area contributed by atoms with Gasteiger partial charge in [0.25, 0.3) is 0 Å². The maximum Gasteiger partial charge on any atom is 0.389 e. The molecule has 6 heteroatoms. The summed E-state index contributed by atoms with van der Waals surface area (Å²) in [7, 11) is 0. The number of hydrogen-bond acceptors (Lipinski definition) is 3. The first kappa shape index (κ1) is 11.9. The standard InChI is InChI=1S/C9H11F3N2O/c10-9(11,12)4-1-3-7(15)8-13-5-2-6-14-8/h2,5-7,15H,1,3-4H2. The van der Waals surface area contributed by atoms with Crippen LogP contribution in [0.4, 0.5) is 13.2 Å². The third-order valence-corrected chi connectivity index (χ3v) is 1.82. The van der Waals surface area contributed by atoms with E-state index in [1.54, 1.807) is 6.07 Å². The Kier molecular flexibility index (Phi) is 4.02. The summed E-state index contributed by atoms with van der Waals surface area (Å²) in [6, 6.07) is 1.58. The Morgan fingerprint density at radius 3 is 2.40 bits per heavy atom. The third-order valence-electron chi connectivity index (χ3n) is 1.82. The van der Waals surface area contributed by atoms with Crippen molar-refractivity contribution in [2.75, 3.05) is 0 Å². The summed E-state index contributed by atoms with van der Waals surface area (Å²) in [6.07, 6.45) is -3.31. The summed E-state index contributed by atoms with van der Waals surface area (Å²) in [4.78, 5) is 7.50. The van der Waals surface area contributed by atoms with Gasteiger partial charge in [-0.2, -0.15) is 13.2 Å². The monoisotopic (exact) mass is 220 g/mol. The van der Waals surface area contributed by atoms with Crippen molar-refractivity contribution in [3.63, 3.8) is 0 Å². The van der Waals surface area contributed by atoms with E-state index in [0.717, 1.165) is 0 Å². The molecule has 0 aliphatic carbocycles. The SMILES string of the molecule is OC(CCCC(F)(F)F)c1ncccn1. The van der Waals surface area contributed by atoms with Gasteiger partial charge >= 0.3 is 6.18 Å². The number of aliphatic hydroxyl groups is 1. The highest BCUT2D eigenvalue weighted by Gasteiger charge is 2.26. The molecule has 0 aliphatic heterocycles.